The molecule has 29 heavy (non-hydrogen) atoms. The summed E-state index contributed by atoms with van der Waals surface area (Å²) in [6.45, 7) is 2.66. The molecule has 1 N–H and O–H groups in total. The summed E-state index contributed by atoms with van der Waals surface area (Å²) in [5.74, 6) is 1.54. The minimum atomic E-state index is 0.160. The van der Waals surface area contributed by atoms with Crippen LogP contribution in [0.1, 0.15) is 18.9 Å². The Hall–Kier alpha value is -3.28. The van der Waals surface area contributed by atoms with Crippen LogP contribution in [0, 0.1) is 11.8 Å². The van der Waals surface area contributed by atoms with Crippen molar-refractivity contribution >= 4 is 11.9 Å². The normalized spacial score (nSPS) is 17.6. The maximum absolute atomic E-state index is 12.0. The highest BCUT2D eigenvalue weighted by molar-refractivity contribution is 5.82. The summed E-state index contributed by atoms with van der Waals surface area (Å²) >= 11 is 0. The zero-order valence-electron chi connectivity index (χ0n) is 17.0. The molecule has 0 spiro atoms. The molecule has 2 unspecified atom stereocenters. The molecule has 0 aliphatic heterocycles. The Morgan fingerprint density at radius 2 is 1.79 bits per heavy atom. The number of carbonyl (C=O) groups is 1. The molecule has 2 aromatic heterocycles. The molecule has 6 heteroatoms. The first-order valence-corrected chi connectivity index (χ1v) is 9.84. The van der Waals surface area contributed by atoms with Gasteiger partial charge < -0.3 is 10.2 Å². The van der Waals surface area contributed by atoms with Crippen molar-refractivity contribution in [2.24, 2.45) is 11.8 Å². The van der Waals surface area contributed by atoms with E-state index in [4.69, 9.17) is 4.98 Å². The highest BCUT2D eigenvalue weighted by atomic mass is 16.2. The summed E-state index contributed by atoms with van der Waals surface area (Å²) in [7, 11) is 3.86. The third-order valence-corrected chi connectivity index (χ3v) is 5.31. The van der Waals surface area contributed by atoms with Crippen LogP contribution in [0.2, 0.25) is 0 Å². The molecule has 4 rings (SSSR count). The Morgan fingerprint density at radius 1 is 1.10 bits per heavy atom. The van der Waals surface area contributed by atoms with E-state index in [1.165, 1.54) is 0 Å². The summed E-state index contributed by atoms with van der Waals surface area (Å²) in [6, 6.07) is 12.1. The van der Waals surface area contributed by atoms with Gasteiger partial charge in [-0.1, -0.05) is 31.2 Å². The van der Waals surface area contributed by atoms with Crippen LogP contribution in [-0.2, 0) is 11.3 Å². The molecule has 0 bridgehead atoms. The van der Waals surface area contributed by atoms with Crippen LogP contribution in [0.15, 0.2) is 55.0 Å². The lowest BCUT2D eigenvalue weighted by atomic mass is 10.0. The van der Waals surface area contributed by atoms with E-state index < -0.39 is 0 Å². The van der Waals surface area contributed by atoms with Gasteiger partial charge in [0.25, 0.3) is 0 Å². The lowest BCUT2D eigenvalue weighted by Crippen LogP contribution is -2.24. The van der Waals surface area contributed by atoms with Crippen molar-refractivity contribution in [3.05, 3.63) is 60.6 Å². The van der Waals surface area contributed by atoms with E-state index in [9.17, 15) is 4.79 Å². The zero-order valence-corrected chi connectivity index (χ0v) is 17.0. The van der Waals surface area contributed by atoms with Gasteiger partial charge in [0.05, 0.1) is 5.69 Å². The molecule has 1 saturated carbocycles. The predicted octanol–water partition coefficient (Wildman–Crippen LogP) is 3.54. The van der Waals surface area contributed by atoms with Gasteiger partial charge in [-0.25, -0.2) is 9.97 Å². The summed E-state index contributed by atoms with van der Waals surface area (Å²) < 4.78 is 0. The minimum absolute atomic E-state index is 0.160. The fraction of sp³-hybridized carbons (Fsp3) is 0.304. The number of benzene rings is 1. The molecule has 1 aliphatic carbocycles. The molecule has 1 fully saturated rings. The molecule has 0 saturated heterocycles. The number of anilines is 1. The molecule has 3 aromatic rings. The van der Waals surface area contributed by atoms with Crippen molar-refractivity contribution < 1.29 is 4.79 Å². The molecular weight excluding hydrogens is 362 g/mol. The number of hydrogen-bond acceptors (Lipinski definition) is 5. The van der Waals surface area contributed by atoms with Crippen LogP contribution < -0.4 is 10.2 Å². The largest absolute Gasteiger partial charge is 0.352 e. The lowest BCUT2D eigenvalue weighted by Gasteiger charge is -2.15. The van der Waals surface area contributed by atoms with E-state index in [-0.39, 0.29) is 11.8 Å². The molecule has 2 atom stereocenters. The maximum Gasteiger partial charge on any atom is 0.225 e. The van der Waals surface area contributed by atoms with Gasteiger partial charge in [0, 0.05) is 56.3 Å². The van der Waals surface area contributed by atoms with Gasteiger partial charge in [0.2, 0.25) is 11.9 Å². The van der Waals surface area contributed by atoms with Crippen molar-refractivity contribution in [1.29, 1.82) is 0 Å². The zero-order chi connectivity index (χ0) is 20.4. The SMILES string of the molecule is CC1CC1C(=O)NCc1ccc(-c2nc(N(C)C)ncc2-c2ccncc2)cc1. The van der Waals surface area contributed by atoms with Crippen molar-refractivity contribution in [2.75, 3.05) is 19.0 Å². The van der Waals surface area contributed by atoms with E-state index in [2.05, 4.69) is 22.2 Å². The van der Waals surface area contributed by atoms with Gasteiger partial charge in [-0.2, -0.15) is 0 Å². The molecule has 1 aromatic carbocycles. The van der Waals surface area contributed by atoms with Crippen molar-refractivity contribution in [1.82, 2.24) is 20.3 Å². The second kappa shape index (κ2) is 7.99. The van der Waals surface area contributed by atoms with E-state index in [0.29, 0.717) is 18.4 Å². The number of pyridine rings is 1. The summed E-state index contributed by atoms with van der Waals surface area (Å²) in [5.41, 5.74) is 4.94. The summed E-state index contributed by atoms with van der Waals surface area (Å²) in [5, 5.41) is 3.03. The van der Waals surface area contributed by atoms with Crippen LogP contribution in [-0.4, -0.2) is 35.0 Å². The van der Waals surface area contributed by atoms with E-state index in [0.717, 1.165) is 34.4 Å². The Labute approximate surface area is 171 Å². The Bertz CT molecular complexity index is 1000. The number of nitrogens with zero attached hydrogens (tertiary/aromatic N) is 4. The van der Waals surface area contributed by atoms with Crippen LogP contribution in [0.25, 0.3) is 22.4 Å². The molecule has 1 amide bonds. The maximum atomic E-state index is 12.0. The van der Waals surface area contributed by atoms with Crippen molar-refractivity contribution in [3.63, 3.8) is 0 Å². The highest BCUT2D eigenvalue weighted by Crippen LogP contribution is 2.37. The summed E-state index contributed by atoms with van der Waals surface area (Å²) in [4.78, 5) is 27.3. The quantitative estimate of drug-likeness (QED) is 0.700. The van der Waals surface area contributed by atoms with Gasteiger partial charge in [-0.15, -0.1) is 0 Å². The molecule has 2 heterocycles. The molecular formula is C23H25N5O. The monoisotopic (exact) mass is 387 g/mol. The first-order valence-electron chi connectivity index (χ1n) is 9.84. The van der Waals surface area contributed by atoms with E-state index in [1.54, 1.807) is 12.4 Å². The van der Waals surface area contributed by atoms with Gasteiger partial charge in [-0.05, 0) is 35.6 Å². The average molecular weight is 387 g/mol. The number of nitrogens with one attached hydrogen (secondary N) is 1. The topological polar surface area (TPSA) is 71.0 Å². The Kier molecular flexibility index (Phi) is 5.25. The first-order chi connectivity index (χ1) is 14.0. The predicted molar refractivity (Wildman–Crippen MR) is 114 cm³/mol. The van der Waals surface area contributed by atoms with Gasteiger partial charge in [0.1, 0.15) is 0 Å². The molecule has 6 nitrogen and oxygen atoms in total. The van der Waals surface area contributed by atoms with Crippen LogP contribution in [0.3, 0.4) is 0 Å². The molecule has 1 aliphatic rings. The number of hydrogen-bond donors (Lipinski definition) is 1. The minimum Gasteiger partial charge on any atom is -0.352 e. The van der Waals surface area contributed by atoms with Gasteiger partial charge >= 0.3 is 0 Å². The molecule has 0 radical (unpaired) electrons. The summed E-state index contributed by atoms with van der Waals surface area (Å²) in [6.07, 6.45) is 6.40. The Balaban J connectivity index is 1.59. The highest BCUT2D eigenvalue weighted by Gasteiger charge is 2.38. The van der Waals surface area contributed by atoms with Crippen LogP contribution in [0.4, 0.5) is 5.95 Å². The number of rotatable bonds is 6. The first kappa shape index (κ1) is 19.1. The van der Waals surface area contributed by atoms with E-state index in [1.807, 2.05) is 61.6 Å². The van der Waals surface area contributed by atoms with Gasteiger partial charge in [-0.3, -0.25) is 9.78 Å². The average Bonchev–Trinajstić information content (AvgIpc) is 3.49. The van der Waals surface area contributed by atoms with Crippen molar-refractivity contribution in [2.45, 2.75) is 19.9 Å². The second-order valence-corrected chi connectivity index (χ2v) is 7.80. The molecule has 148 valence electrons. The third-order valence-electron chi connectivity index (χ3n) is 5.31. The second-order valence-electron chi connectivity index (χ2n) is 7.80. The Morgan fingerprint density at radius 3 is 2.41 bits per heavy atom. The standard InChI is InChI=1S/C23H25N5O/c1-15-12-19(15)22(29)25-13-16-4-6-18(7-5-16)21-20(17-8-10-24-11-9-17)14-26-23(27-21)28(2)3/h4-11,14-15,19H,12-13H2,1-3H3,(H,25,29). The fourth-order valence-corrected chi connectivity index (χ4v) is 3.34. The third kappa shape index (κ3) is 4.26. The van der Waals surface area contributed by atoms with Crippen LogP contribution >= 0.6 is 0 Å². The number of carbonyl (C=O) groups excluding carboxylic acids is 1. The van der Waals surface area contributed by atoms with E-state index >= 15 is 0 Å². The number of aromatic nitrogens is 3. The van der Waals surface area contributed by atoms with Crippen molar-refractivity contribution in [3.8, 4) is 22.4 Å². The fourth-order valence-electron chi connectivity index (χ4n) is 3.34. The lowest BCUT2D eigenvalue weighted by molar-refractivity contribution is -0.122. The van der Waals surface area contributed by atoms with Crippen LogP contribution in [0.5, 0.6) is 0 Å². The smallest absolute Gasteiger partial charge is 0.225 e. The van der Waals surface area contributed by atoms with Gasteiger partial charge in [0.15, 0.2) is 0 Å². The number of amides is 1.